The van der Waals surface area contributed by atoms with Gasteiger partial charge in [0.15, 0.2) is 5.96 Å². The van der Waals surface area contributed by atoms with Crippen LogP contribution in [0.4, 0.5) is 0 Å². The van der Waals surface area contributed by atoms with Gasteiger partial charge in [0, 0.05) is 58.2 Å². The summed E-state index contributed by atoms with van der Waals surface area (Å²) in [6, 6.07) is 3.15. The van der Waals surface area contributed by atoms with Crippen LogP contribution in [-0.4, -0.2) is 59.6 Å². The van der Waals surface area contributed by atoms with Gasteiger partial charge in [-0.1, -0.05) is 11.6 Å². The Bertz CT molecular complexity index is 520. The molecular formula is C18H35ClIN5. The molecule has 5 nitrogen and oxygen atoms in total. The van der Waals surface area contributed by atoms with E-state index in [1.54, 1.807) is 0 Å². The second-order valence-corrected chi connectivity index (χ2v) is 7.31. The van der Waals surface area contributed by atoms with Crippen LogP contribution in [0.5, 0.6) is 0 Å². The van der Waals surface area contributed by atoms with E-state index in [1.807, 2.05) is 33.4 Å². The largest absolute Gasteiger partial charge is 0.356 e. The van der Waals surface area contributed by atoms with E-state index in [0.717, 1.165) is 42.7 Å². The van der Waals surface area contributed by atoms with E-state index >= 15 is 0 Å². The second kappa shape index (κ2) is 12.0. The normalized spacial score (nSPS) is 12.0. The summed E-state index contributed by atoms with van der Waals surface area (Å²) in [6.45, 7) is 11.8. The van der Waals surface area contributed by atoms with Crippen LogP contribution in [0.25, 0.3) is 0 Å². The number of hydrogen-bond donors (Lipinski definition) is 1. The molecule has 0 bridgehead atoms. The molecular weight excluding hydrogens is 449 g/mol. The van der Waals surface area contributed by atoms with Crippen LogP contribution in [0.1, 0.15) is 39.8 Å². The quantitative estimate of drug-likeness (QED) is 0.264. The Morgan fingerprint density at radius 3 is 2.32 bits per heavy atom. The molecule has 146 valence electrons. The predicted molar refractivity (Wildman–Crippen MR) is 120 cm³/mol. The van der Waals surface area contributed by atoms with Crippen LogP contribution in [0.15, 0.2) is 17.3 Å². The van der Waals surface area contributed by atoms with Crippen molar-refractivity contribution in [1.82, 2.24) is 19.7 Å². The Hall–Kier alpha value is -0.470. The molecule has 7 heteroatoms. The monoisotopic (exact) mass is 483 g/mol. The average molecular weight is 484 g/mol. The lowest BCUT2D eigenvalue weighted by Crippen LogP contribution is -2.42. The number of nitrogens with one attached hydrogen (secondary N) is 1. The highest BCUT2D eigenvalue weighted by molar-refractivity contribution is 14.0. The fourth-order valence-electron chi connectivity index (χ4n) is 3.00. The zero-order valence-corrected chi connectivity index (χ0v) is 19.8. The first-order valence-corrected chi connectivity index (χ1v) is 9.12. The van der Waals surface area contributed by atoms with Gasteiger partial charge in [0.2, 0.25) is 0 Å². The van der Waals surface area contributed by atoms with Crippen LogP contribution in [0, 0.1) is 0 Å². The Morgan fingerprint density at radius 1 is 1.28 bits per heavy atom. The van der Waals surface area contributed by atoms with Crippen LogP contribution in [0.3, 0.4) is 0 Å². The molecule has 1 aromatic rings. The molecule has 1 heterocycles. The van der Waals surface area contributed by atoms with Crippen LogP contribution >= 0.6 is 35.6 Å². The standard InChI is InChI=1S/C18H34ClN5.HI/c1-14(2)24(15(3)4)10-8-9-21-18(20-5)23(7)13-17-11-16(19)12-22(17)6;/h11-12,14-15H,8-10,13H2,1-7H3,(H,20,21);1H. The molecule has 0 atom stereocenters. The minimum atomic E-state index is 0. The lowest BCUT2D eigenvalue weighted by molar-refractivity contribution is 0.173. The molecule has 1 rings (SSSR count). The summed E-state index contributed by atoms with van der Waals surface area (Å²) in [5.74, 6) is 0.910. The van der Waals surface area contributed by atoms with Gasteiger partial charge >= 0.3 is 0 Å². The molecule has 0 saturated heterocycles. The summed E-state index contributed by atoms with van der Waals surface area (Å²) in [7, 11) is 5.88. The average Bonchev–Trinajstić information content (AvgIpc) is 2.79. The van der Waals surface area contributed by atoms with Crippen LogP contribution in [0.2, 0.25) is 5.02 Å². The highest BCUT2D eigenvalue weighted by atomic mass is 127. The van der Waals surface area contributed by atoms with E-state index in [9.17, 15) is 0 Å². The number of rotatable bonds is 8. The molecule has 1 aromatic heterocycles. The predicted octanol–water partition coefficient (Wildman–Crippen LogP) is 3.81. The Labute approximate surface area is 175 Å². The van der Waals surface area contributed by atoms with Gasteiger partial charge < -0.3 is 14.8 Å². The van der Waals surface area contributed by atoms with Crippen molar-refractivity contribution in [3.05, 3.63) is 23.0 Å². The Balaban J connectivity index is 0.00000576. The van der Waals surface area contributed by atoms with Crippen molar-refractivity contribution in [3.63, 3.8) is 0 Å². The van der Waals surface area contributed by atoms with Crippen molar-refractivity contribution in [1.29, 1.82) is 0 Å². The lowest BCUT2D eigenvalue weighted by atomic mass is 10.2. The van der Waals surface area contributed by atoms with E-state index in [-0.39, 0.29) is 24.0 Å². The molecule has 0 unspecified atom stereocenters. The number of guanidine groups is 1. The zero-order valence-electron chi connectivity index (χ0n) is 16.7. The number of hydrogen-bond acceptors (Lipinski definition) is 2. The summed E-state index contributed by atoms with van der Waals surface area (Å²) < 4.78 is 2.05. The third kappa shape index (κ3) is 8.17. The second-order valence-electron chi connectivity index (χ2n) is 6.87. The number of nitrogens with zero attached hydrogens (tertiary/aromatic N) is 4. The Morgan fingerprint density at radius 2 is 1.88 bits per heavy atom. The highest BCUT2D eigenvalue weighted by Crippen LogP contribution is 2.14. The van der Waals surface area contributed by atoms with Crippen molar-refractivity contribution in [2.45, 2.75) is 52.7 Å². The molecule has 0 amide bonds. The highest BCUT2D eigenvalue weighted by Gasteiger charge is 2.13. The van der Waals surface area contributed by atoms with Crippen molar-refractivity contribution >= 4 is 41.5 Å². The van der Waals surface area contributed by atoms with Crippen LogP contribution < -0.4 is 5.32 Å². The molecule has 1 N–H and O–H groups in total. The van der Waals surface area contributed by atoms with Crippen molar-refractivity contribution in [2.24, 2.45) is 12.0 Å². The molecule has 0 aliphatic heterocycles. The minimum absolute atomic E-state index is 0. The van der Waals surface area contributed by atoms with Crippen LogP contribution in [-0.2, 0) is 13.6 Å². The zero-order chi connectivity index (χ0) is 18.3. The maximum atomic E-state index is 6.06. The molecule has 0 saturated carbocycles. The molecule has 0 aliphatic rings. The molecule has 0 aliphatic carbocycles. The minimum Gasteiger partial charge on any atom is -0.356 e. The van der Waals surface area contributed by atoms with Gasteiger partial charge in [-0.3, -0.25) is 9.89 Å². The third-order valence-corrected chi connectivity index (χ3v) is 4.46. The molecule has 0 spiro atoms. The van der Waals surface area contributed by atoms with E-state index in [1.165, 1.54) is 0 Å². The summed E-state index contributed by atoms with van der Waals surface area (Å²) in [5, 5.41) is 4.23. The summed E-state index contributed by atoms with van der Waals surface area (Å²) in [5.41, 5.74) is 1.16. The van der Waals surface area contributed by atoms with Gasteiger partial charge in [-0.25, -0.2) is 0 Å². The first-order valence-electron chi connectivity index (χ1n) is 8.74. The number of aliphatic imine (C=N–C) groups is 1. The lowest BCUT2D eigenvalue weighted by Gasteiger charge is -2.30. The molecule has 0 fully saturated rings. The first kappa shape index (κ1) is 24.5. The first-order chi connectivity index (χ1) is 11.3. The van der Waals surface area contributed by atoms with E-state index in [2.05, 4.69) is 52.4 Å². The van der Waals surface area contributed by atoms with E-state index in [4.69, 9.17) is 11.6 Å². The van der Waals surface area contributed by atoms with Crippen molar-refractivity contribution in [2.75, 3.05) is 27.2 Å². The Kier molecular flexibility index (Phi) is 11.8. The van der Waals surface area contributed by atoms with Gasteiger partial charge in [-0.05, 0) is 40.2 Å². The molecule has 25 heavy (non-hydrogen) atoms. The number of aromatic nitrogens is 1. The topological polar surface area (TPSA) is 35.8 Å². The fraction of sp³-hybridized carbons (Fsp3) is 0.722. The van der Waals surface area contributed by atoms with Gasteiger partial charge in [0.1, 0.15) is 0 Å². The number of halogens is 2. The van der Waals surface area contributed by atoms with Crippen molar-refractivity contribution < 1.29 is 0 Å². The van der Waals surface area contributed by atoms with Gasteiger partial charge in [-0.2, -0.15) is 0 Å². The van der Waals surface area contributed by atoms with Gasteiger partial charge in [0.25, 0.3) is 0 Å². The molecule has 0 radical (unpaired) electrons. The smallest absolute Gasteiger partial charge is 0.193 e. The van der Waals surface area contributed by atoms with Gasteiger partial charge in [-0.15, -0.1) is 24.0 Å². The number of aryl methyl sites for hydroxylation is 1. The van der Waals surface area contributed by atoms with Crippen molar-refractivity contribution in [3.8, 4) is 0 Å². The van der Waals surface area contributed by atoms with E-state index in [0.29, 0.717) is 12.1 Å². The van der Waals surface area contributed by atoms with E-state index < -0.39 is 0 Å². The summed E-state index contributed by atoms with van der Waals surface area (Å²) >= 11 is 6.06. The van der Waals surface area contributed by atoms with Gasteiger partial charge in [0.05, 0.1) is 11.6 Å². The maximum absolute atomic E-state index is 6.06. The maximum Gasteiger partial charge on any atom is 0.193 e. The SMILES string of the molecule is CN=C(NCCCN(C(C)C)C(C)C)N(C)Cc1cc(Cl)cn1C.I. The summed E-state index contributed by atoms with van der Waals surface area (Å²) in [6.07, 6.45) is 3.02. The molecule has 0 aromatic carbocycles. The fourth-order valence-corrected chi connectivity index (χ4v) is 3.27. The summed E-state index contributed by atoms with van der Waals surface area (Å²) in [4.78, 5) is 9.02. The third-order valence-electron chi connectivity index (χ3n) is 4.25.